The second kappa shape index (κ2) is 8.18. The summed E-state index contributed by atoms with van der Waals surface area (Å²) in [5, 5.41) is 1.85. The Morgan fingerprint density at radius 3 is 2.74 bits per heavy atom. The van der Waals surface area contributed by atoms with Gasteiger partial charge < -0.3 is 9.64 Å². The second-order valence-electron chi connectivity index (χ2n) is 7.16. The molecule has 4 heteroatoms. The van der Waals surface area contributed by atoms with Crippen molar-refractivity contribution >= 4 is 28.3 Å². The van der Waals surface area contributed by atoms with Crippen LogP contribution in [0, 0.1) is 0 Å². The van der Waals surface area contributed by atoms with Gasteiger partial charge in [0, 0.05) is 23.0 Å². The lowest BCUT2D eigenvalue weighted by atomic mass is 10.00. The number of hydrogen-bond acceptors (Lipinski definition) is 3. The molecule has 0 saturated carbocycles. The molecule has 1 saturated heterocycles. The molecule has 1 aromatic heterocycles. The number of nitrogens with zero attached hydrogens (tertiary/aromatic N) is 2. The number of ether oxygens (including phenoxy) is 1. The van der Waals surface area contributed by atoms with Crippen molar-refractivity contribution in [3.05, 3.63) is 65.2 Å². The Morgan fingerprint density at radius 2 is 1.93 bits per heavy atom. The van der Waals surface area contributed by atoms with Crippen LogP contribution in [0.2, 0.25) is 5.02 Å². The van der Waals surface area contributed by atoms with Crippen molar-refractivity contribution in [1.82, 2.24) is 4.98 Å². The van der Waals surface area contributed by atoms with Crippen molar-refractivity contribution in [3.8, 4) is 5.75 Å². The van der Waals surface area contributed by atoms with E-state index in [-0.39, 0.29) is 0 Å². The number of piperidine rings is 1. The Labute approximate surface area is 165 Å². The minimum atomic E-state index is 0.503. The van der Waals surface area contributed by atoms with E-state index >= 15 is 0 Å². The quantitative estimate of drug-likeness (QED) is 0.524. The van der Waals surface area contributed by atoms with Gasteiger partial charge in [0.25, 0.3) is 0 Å². The van der Waals surface area contributed by atoms with Gasteiger partial charge in [-0.25, -0.2) is 4.98 Å². The largest absolute Gasteiger partial charge is 0.487 e. The van der Waals surface area contributed by atoms with Gasteiger partial charge in [-0.2, -0.15) is 0 Å². The van der Waals surface area contributed by atoms with Gasteiger partial charge in [-0.3, -0.25) is 0 Å². The van der Waals surface area contributed by atoms with Gasteiger partial charge in [0.2, 0.25) is 0 Å². The van der Waals surface area contributed by atoms with Crippen molar-refractivity contribution in [2.45, 2.75) is 45.3 Å². The normalized spacial score (nSPS) is 17.3. The monoisotopic (exact) mass is 380 g/mol. The average Bonchev–Trinajstić information content (AvgIpc) is 2.73. The topological polar surface area (TPSA) is 25.4 Å². The zero-order valence-corrected chi connectivity index (χ0v) is 16.5. The van der Waals surface area contributed by atoms with Crippen molar-refractivity contribution < 1.29 is 4.74 Å². The Hall–Kier alpha value is -2.26. The second-order valence-corrected chi connectivity index (χ2v) is 7.60. The molecule has 0 amide bonds. The van der Waals surface area contributed by atoms with E-state index in [4.69, 9.17) is 21.3 Å². The molecule has 3 nitrogen and oxygen atoms in total. The SMILES string of the molecule is CCC1CCCCN1c1ccc2cccc(OCc3ccc(Cl)cc3)c2n1. The summed E-state index contributed by atoms with van der Waals surface area (Å²) in [6, 6.07) is 18.8. The lowest BCUT2D eigenvalue weighted by Gasteiger charge is -2.36. The number of para-hydroxylation sites is 1. The van der Waals surface area contributed by atoms with Crippen molar-refractivity contribution in [2.75, 3.05) is 11.4 Å². The van der Waals surface area contributed by atoms with Crippen molar-refractivity contribution in [1.29, 1.82) is 0 Å². The van der Waals surface area contributed by atoms with E-state index in [1.165, 1.54) is 19.3 Å². The highest BCUT2D eigenvalue weighted by molar-refractivity contribution is 6.30. The third-order valence-electron chi connectivity index (χ3n) is 5.37. The van der Waals surface area contributed by atoms with Crippen LogP contribution in [0.3, 0.4) is 0 Å². The fraction of sp³-hybridized carbons (Fsp3) is 0.348. The van der Waals surface area contributed by atoms with Crippen LogP contribution in [0.5, 0.6) is 5.75 Å². The van der Waals surface area contributed by atoms with E-state index in [1.54, 1.807) is 0 Å². The predicted molar refractivity (Wildman–Crippen MR) is 113 cm³/mol. The molecular formula is C23H25ClN2O. The first kappa shape index (κ1) is 18.1. The molecule has 140 valence electrons. The van der Waals surface area contributed by atoms with Gasteiger partial charge in [0.1, 0.15) is 23.7 Å². The molecule has 3 aromatic rings. The molecule has 1 atom stereocenters. The summed E-state index contributed by atoms with van der Waals surface area (Å²) in [4.78, 5) is 7.47. The summed E-state index contributed by atoms with van der Waals surface area (Å²) in [5.74, 6) is 1.89. The maximum Gasteiger partial charge on any atom is 0.146 e. The van der Waals surface area contributed by atoms with Gasteiger partial charge in [0.15, 0.2) is 0 Å². The summed E-state index contributed by atoms with van der Waals surface area (Å²) in [5.41, 5.74) is 2.03. The summed E-state index contributed by atoms with van der Waals surface area (Å²) >= 11 is 5.97. The maximum atomic E-state index is 6.12. The molecule has 4 rings (SSSR count). The average molecular weight is 381 g/mol. The van der Waals surface area contributed by atoms with Crippen LogP contribution in [0.4, 0.5) is 5.82 Å². The smallest absolute Gasteiger partial charge is 0.146 e. The Bertz CT molecular complexity index is 910. The van der Waals surface area contributed by atoms with Gasteiger partial charge in [0.05, 0.1) is 0 Å². The summed E-state index contributed by atoms with van der Waals surface area (Å²) in [6.45, 7) is 3.86. The minimum absolute atomic E-state index is 0.503. The summed E-state index contributed by atoms with van der Waals surface area (Å²) < 4.78 is 6.12. The van der Waals surface area contributed by atoms with Crippen LogP contribution in [-0.4, -0.2) is 17.6 Å². The van der Waals surface area contributed by atoms with Gasteiger partial charge in [-0.15, -0.1) is 0 Å². The molecular weight excluding hydrogens is 356 g/mol. The molecule has 0 bridgehead atoms. The zero-order valence-electron chi connectivity index (χ0n) is 15.7. The van der Waals surface area contributed by atoms with Crippen molar-refractivity contribution in [2.24, 2.45) is 0 Å². The number of hydrogen-bond donors (Lipinski definition) is 0. The van der Waals surface area contributed by atoms with Gasteiger partial charge in [-0.05, 0) is 61.6 Å². The Balaban J connectivity index is 1.61. The van der Waals surface area contributed by atoms with E-state index < -0.39 is 0 Å². The highest BCUT2D eigenvalue weighted by Crippen LogP contribution is 2.30. The summed E-state index contributed by atoms with van der Waals surface area (Å²) in [6.07, 6.45) is 4.97. The van der Waals surface area contributed by atoms with Crippen LogP contribution >= 0.6 is 11.6 Å². The molecule has 0 aliphatic carbocycles. The number of pyridine rings is 1. The first-order chi connectivity index (χ1) is 13.2. The molecule has 1 aliphatic rings. The number of rotatable bonds is 5. The van der Waals surface area contributed by atoms with Crippen LogP contribution in [0.1, 0.15) is 38.2 Å². The number of anilines is 1. The fourth-order valence-corrected chi connectivity index (χ4v) is 3.98. The zero-order chi connectivity index (χ0) is 18.6. The fourth-order valence-electron chi connectivity index (χ4n) is 3.85. The predicted octanol–water partition coefficient (Wildman–Crippen LogP) is 6.24. The minimum Gasteiger partial charge on any atom is -0.487 e. The maximum absolute atomic E-state index is 6.12. The molecule has 0 radical (unpaired) electrons. The van der Waals surface area contributed by atoms with Crippen LogP contribution in [-0.2, 0) is 6.61 Å². The Kier molecular flexibility index (Phi) is 5.49. The van der Waals surface area contributed by atoms with E-state index in [1.807, 2.05) is 36.4 Å². The van der Waals surface area contributed by atoms with E-state index in [9.17, 15) is 0 Å². The Morgan fingerprint density at radius 1 is 1.07 bits per heavy atom. The van der Waals surface area contributed by atoms with Gasteiger partial charge in [-0.1, -0.05) is 42.8 Å². The molecule has 0 spiro atoms. The lowest BCUT2D eigenvalue weighted by molar-refractivity contribution is 0.309. The first-order valence-corrected chi connectivity index (χ1v) is 10.2. The highest BCUT2D eigenvalue weighted by Gasteiger charge is 2.22. The molecule has 1 aliphatic heterocycles. The molecule has 1 fully saturated rings. The van der Waals surface area contributed by atoms with Crippen molar-refractivity contribution in [3.63, 3.8) is 0 Å². The number of aromatic nitrogens is 1. The van der Waals surface area contributed by atoms with Gasteiger partial charge >= 0.3 is 0 Å². The first-order valence-electron chi connectivity index (χ1n) is 9.78. The molecule has 27 heavy (non-hydrogen) atoms. The number of halogens is 1. The molecule has 0 N–H and O–H groups in total. The lowest BCUT2D eigenvalue weighted by Crippen LogP contribution is -2.39. The number of benzene rings is 2. The standard InChI is InChI=1S/C23H25ClN2O/c1-2-20-7-3-4-15-26(20)22-14-11-18-6-5-8-21(23(18)25-22)27-16-17-9-12-19(24)13-10-17/h5-6,8-14,20H,2-4,7,15-16H2,1H3. The van der Waals surface area contributed by atoms with E-state index in [0.29, 0.717) is 12.6 Å². The molecule has 1 unspecified atom stereocenters. The third kappa shape index (κ3) is 4.03. The summed E-state index contributed by atoms with van der Waals surface area (Å²) in [7, 11) is 0. The van der Waals surface area contributed by atoms with E-state index in [2.05, 4.69) is 30.0 Å². The molecule has 2 aromatic carbocycles. The van der Waals surface area contributed by atoms with Crippen LogP contribution in [0.25, 0.3) is 10.9 Å². The third-order valence-corrected chi connectivity index (χ3v) is 5.62. The number of fused-ring (bicyclic) bond motifs is 1. The van der Waals surface area contributed by atoms with Crippen LogP contribution in [0.15, 0.2) is 54.6 Å². The molecule has 2 heterocycles. The van der Waals surface area contributed by atoms with E-state index in [0.717, 1.165) is 46.0 Å². The van der Waals surface area contributed by atoms with Crippen LogP contribution < -0.4 is 9.64 Å². The highest BCUT2D eigenvalue weighted by atomic mass is 35.5.